The van der Waals surface area contributed by atoms with Gasteiger partial charge >= 0.3 is 0 Å². The van der Waals surface area contributed by atoms with Crippen LogP contribution in [0.3, 0.4) is 0 Å². The lowest BCUT2D eigenvalue weighted by Crippen LogP contribution is -1.71. The number of benzene rings is 1. The van der Waals surface area contributed by atoms with E-state index in [-0.39, 0.29) is 0 Å². The summed E-state index contributed by atoms with van der Waals surface area (Å²) in [7, 11) is 0. The summed E-state index contributed by atoms with van der Waals surface area (Å²) >= 11 is 5.18. The van der Waals surface area contributed by atoms with Gasteiger partial charge in [0.2, 0.25) is 0 Å². The third-order valence-corrected chi connectivity index (χ3v) is 2.86. The van der Waals surface area contributed by atoms with Crippen molar-refractivity contribution < 1.29 is 0 Å². The molecule has 0 aliphatic heterocycles. The first-order valence-corrected chi connectivity index (χ1v) is 5.38. The molecule has 0 saturated carbocycles. The summed E-state index contributed by atoms with van der Waals surface area (Å²) in [4.78, 5) is 0. The van der Waals surface area contributed by atoms with Crippen LogP contribution in [0.2, 0.25) is 0 Å². The van der Waals surface area contributed by atoms with Gasteiger partial charge in [0.1, 0.15) is 0 Å². The molecule has 0 radical (unpaired) electrons. The molecular formula is C10H7BrS. The quantitative estimate of drug-likeness (QED) is 0.700. The number of halogens is 1. The summed E-state index contributed by atoms with van der Waals surface area (Å²) in [6.07, 6.45) is 0. The highest BCUT2D eigenvalue weighted by Crippen LogP contribution is 2.24. The Balaban J connectivity index is 2.48. The third-order valence-electron chi connectivity index (χ3n) is 1.68. The van der Waals surface area contributed by atoms with Gasteiger partial charge in [0.05, 0.1) is 0 Å². The van der Waals surface area contributed by atoms with E-state index in [4.69, 9.17) is 0 Å². The molecular weight excluding hydrogens is 232 g/mol. The molecule has 60 valence electrons. The van der Waals surface area contributed by atoms with E-state index in [1.54, 1.807) is 11.3 Å². The lowest BCUT2D eigenvalue weighted by molar-refractivity contribution is 1.63. The molecule has 0 spiro atoms. The van der Waals surface area contributed by atoms with Crippen LogP contribution in [-0.2, 0) is 0 Å². The van der Waals surface area contributed by atoms with Crippen molar-refractivity contribution in [3.05, 3.63) is 45.6 Å². The predicted octanol–water partition coefficient (Wildman–Crippen LogP) is 4.18. The van der Waals surface area contributed by atoms with Crippen molar-refractivity contribution in [1.82, 2.24) is 0 Å². The van der Waals surface area contributed by atoms with Crippen molar-refractivity contribution in [1.29, 1.82) is 0 Å². The topological polar surface area (TPSA) is 0 Å². The van der Waals surface area contributed by atoms with Crippen LogP contribution in [0.1, 0.15) is 0 Å². The van der Waals surface area contributed by atoms with Crippen LogP contribution in [0.5, 0.6) is 0 Å². The molecule has 0 amide bonds. The Labute approximate surface area is 84.0 Å². The van der Waals surface area contributed by atoms with E-state index >= 15 is 0 Å². The molecule has 0 bridgehead atoms. The minimum absolute atomic E-state index is 1.13. The van der Waals surface area contributed by atoms with E-state index < -0.39 is 0 Å². The third kappa shape index (κ3) is 1.59. The van der Waals surface area contributed by atoms with Crippen molar-refractivity contribution in [3.8, 4) is 11.1 Å². The van der Waals surface area contributed by atoms with Crippen molar-refractivity contribution in [3.63, 3.8) is 0 Å². The average molecular weight is 239 g/mol. The molecule has 0 aliphatic rings. The SMILES string of the molecule is Brc1cccc(-c2ccsc2)c1. The van der Waals surface area contributed by atoms with Gasteiger partial charge in [0.25, 0.3) is 0 Å². The van der Waals surface area contributed by atoms with E-state index in [1.165, 1.54) is 11.1 Å². The van der Waals surface area contributed by atoms with Gasteiger partial charge in [-0.2, -0.15) is 11.3 Å². The molecule has 2 rings (SSSR count). The van der Waals surface area contributed by atoms with Crippen LogP contribution in [-0.4, -0.2) is 0 Å². The van der Waals surface area contributed by atoms with E-state index in [0.29, 0.717) is 0 Å². The summed E-state index contributed by atoms with van der Waals surface area (Å²) < 4.78 is 1.13. The van der Waals surface area contributed by atoms with E-state index in [9.17, 15) is 0 Å². The Morgan fingerprint density at radius 2 is 2.00 bits per heavy atom. The number of rotatable bonds is 1. The van der Waals surface area contributed by atoms with Gasteiger partial charge in [-0.3, -0.25) is 0 Å². The maximum absolute atomic E-state index is 3.45. The van der Waals surface area contributed by atoms with E-state index in [0.717, 1.165) is 4.47 Å². The van der Waals surface area contributed by atoms with E-state index in [1.807, 2.05) is 6.07 Å². The Kier molecular flexibility index (Phi) is 2.28. The first kappa shape index (κ1) is 8.02. The summed E-state index contributed by atoms with van der Waals surface area (Å²) in [5.41, 5.74) is 2.56. The average Bonchev–Trinajstić information content (AvgIpc) is 2.56. The van der Waals surface area contributed by atoms with Crippen molar-refractivity contribution in [2.24, 2.45) is 0 Å². The summed E-state index contributed by atoms with van der Waals surface area (Å²) in [5, 5.41) is 4.25. The molecule has 0 nitrogen and oxygen atoms in total. The zero-order valence-electron chi connectivity index (χ0n) is 6.33. The molecule has 0 unspecified atom stereocenters. The molecule has 0 N–H and O–H groups in total. The molecule has 12 heavy (non-hydrogen) atoms. The highest BCUT2D eigenvalue weighted by molar-refractivity contribution is 9.10. The molecule has 0 saturated heterocycles. The highest BCUT2D eigenvalue weighted by Gasteiger charge is 1.96. The maximum Gasteiger partial charge on any atom is 0.0181 e. The molecule has 2 heteroatoms. The second-order valence-electron chi connectivity index (χ2n) is 2.52. The van der Waals surface area contributed by atoms with E-state index in [2.05, 4.69) is 51.0 Å². The minimum Gasteiger partial charge on any atom is -0.152 e. The van der Waals surface area contributed by atoms with Crippen molar-refractivity contribution in [2.75, 3.05) is 0 Å². The predicted molar refractivity (Wildman–Crippen MR) is 57.5 cm³/mol. The summed E-state index contributed by atoms with van der Waals surface area (Å²) in [6, 6.07) is 10.5. The first-order chi connectivity index (χ1) is 5.86. The Bertz CT molecular complexity index is 365. The zero-order chi connectivity index (χ0) is 8.39. The largest absolute Gasteiger partial charge is 0.152 e. The van der Waals surface area contributed by atoms with Gasteiger partial charge in [0.15, 0.2) is 0 Å². The normalized spacial score (nSPS) is 10.1. The fourth-order valence-electron chi connectivity index (χ4n) is 1.10. The summed E-state index contributed by atoms with van der Waals surface area (Å²) in [5.74, 6) is 0. The molecule has 2 aromatic rings. The van der Waals surface area contributed by atoms with Crippen LogP contribution < -0.4 is 0 Å². The summed E-state index contributed by atoms with van der Waals surface area (Å²) in [6.45, 7) is 0. The number of hydrogen-bond acceptors (Lipinski definition) is 1. The zero-order valence-corrected chi connectivity index (χ0v) is 8.73. The standard InChI is InChI=1S/C10H7BrS/c11-10-3-1-2-8(6-10)9-4-5-12-7-9/h1-7H. The van der Waals surface area contributed by atoms with Crippen LogP contribution in [0.15, 0.2) is 45.6 Å². The second kappa shape index (κ2) is 3.42. The lowest BCUT2D eigenvalue weighted by Gasteiger charge is -1.96. The molecule has 1 aromatic heterocycles. The lowest BCUT2D eigenvalue weighted by atomic mass is 10.1. The van der Waals surface area contributed by atoms with Gasteiger partial charge < -0.3 is 0 Å². The Morgan fingerprint density at radius 3 is 2.67 bits per heavy atom. The fraction of sp³-hybridized carbons (Fsp3) is 0. The van der Waals surface area contributed by atoms with Gasteiger partial charge in [-0.05, 0) is 40.1 Å². The smallest absolute Gasteiger partial charge is 0.0181 e. The maximum atomic E-state index is 3.45. The molecule has 1 heterocycles. The van der Waals surface area contributed by atoms with Crippen molar-refractivity contribution >= 4 is 27.3 Å². The number of hydrogen-bond donors (Lipinski definition) is 0. The van der Waals surface area contributed by atoms with Gasteiger partial charge in [-0.15, -0.1) is 0 Å². The number of thiophene rings is 1. The van der Waals surface area contributed by atoms with Crippen LogP contribution >= 0.6 is 27.3 Å². The minimum atomic E-state index is 1.13. The molecule has 0 aliphatic carbocycles. The molecule has 0 fully saturated rings. The monoisotopic (exact) mass is 238 g/mol. The molecule has 0 atom stereocenters. The van der Waals surface area contributed by atoms with Gasteiger partial charge in [-0.1, -0.05) is 28.1 Å². The van der Waals surface area contributed by atoms with Crippen molar-refractivity contribution in [2.45, 2.75) is 0 Å². The first-order valence-electron chi connectivity index (χ1n) is 3.64. The van der Waals surface area contributed by atoms with Crippen LogP contribution in [0, 0.1) is 0 Å². The van der Waals surface area contributed by atoms with Crippen LogP contribution in [0.4, 0.5) is 0 Å². The van der Waals surface area contributed by atoms with Gasteiger partial charge in [-0.25, -0.2) is 0 Å². The highest BCUT2D eigenvalue weighted by atomic mass is 79.9. The Morgan fingerprint density at radius 1 is 1.08 bits per heavy atom. The Hall–Kier alpha value is -0.600. The fourth-order valence-corrected chi connectivity index (χ4v) is 2.16. The van der Waals surface area contributed by atoms with Gasteiger partial charge in [0, 0.05) is 4.47 Å². The molecule has 1 aromatic carbocycles. The van der Waals surface area contributed by atoms with Crippen LogP contribution in [0.25, 0.3) is 11.1 Å². The second-order valence-corrected chi connectivity index (χ2v) is 4.22.